The minimum atomic E-state index is -1.21. The van der Waals surface area contributed by atoms with Gasteiger partial charge in [0.25, 0.3) is 0 Å². The normalized spacial score (nSPS) is 15.7. The van der Waals surface area contributed by atoms with E-state index in [9.17, 15) is 8.94 Å². The van der Waals surface area contributed by atoms with Gasteiger partial charge >= 0.3 is 0 Å². The number of hydrogen-bond donors (Lipinski definition) is 1. The quantitative estimate of drug-likeness (QED) is 0.865. The average Bonchev–Trinajstić information content (AvgIpc) is 2.20. The second-order valence-corrected chi connectivity index (χ2v) is 7.15. The van der Waals surface area contributed by atoms with Crippen molar-refractivity contribution in [3.8, 4) is 0 Å². The van der Waals surface area contributed by atoms with Crippen molar-refractivity contribution in [2.75, 3.05) is 0 Å². The molecule has 1 N–H and O–H groups in total. The van der Waals surface area contributed by atoms with E-state index in [0.717, 1.165) is 6.20 Å². The fourth-order valence-electron chi connectivity index (χ4n) is 1.06. The summed E-state index contributed by atoms with van der Waals surface area (Å²) in [5, 5.41) is 0.0187. The van der Waals surface area contributed by atoms with Gasteiger partial charge in [-0.3, -0.25) is 4.98 Å². The highest BCUT2D eigenvalue weighted by atomic mass is 35.5. The lowest BCUT2D eigenvalue weighted by Crippen LogP contribution is -2.40. The molecule has 0 amide bonds. The van der Waals surface area contributed by atoms with Crippen molar-refractivity contribution in [2.45, 2.75) is 38.5 Å². The molecule has 0 saturated heterocycles. The van der Waals surface area contributed by atoms with E-state index >= 15 is 0 Å². The van der Waals surface area contributed by atoms with Gasteiger partial charge in [0, 0.05) is 11.4 Å². The van der Waals surface area contributed by atoms with Crippen molar-refractivity contribution < 1.29 is 8.94 Å². The lowest BCUT2D eigenvalue weighted by atomic mass is 10.2. The van der Waals surface area contributed by atoms with Crippen molar-refractivity contribution >= 4 is 23.0 Å². The Morgan fingerprint density at radius 1 is 1.53 bits per heavy atom. The molecule has 1 heterocycles. The minimum absolute atomic E-state index is 0.0187. The van der Waals surface area contributed by atoms with E-state index in [0.29, 0.717) is 5.69 Å². The smallest absolute Gasteiger partial charge is 0.160 e. The highest BCUT2D eigenvalue weighted by Crippen LogP contribution is 2.21. The lowest BCUT2D eigenvalue weighted by molar-refractivity contribution is 0.528. The van der Waals surface area contributed by atoms with Gasteiger partial charge in [-0.25, -0.2) is 4.39 Å². The maximum absolute atomic E-state index is 12.9. The zero-order valence-electron chi connectivity index (χ0n) is 10.3. The highest BCUT2D eigenvalue weighted by Gasteiger charge is 2.28. The maximum atomic E-state index is 12.9. The second kappa shape index (κ2) is 5.52. The average molecular weight is 279 g/mol. The molecule has 1 rings (SSSR count). The summed E-state index contributed by atoms with van der Waals surface area (Å²) >= 11 is 4.46. The Morgan fingerprint density at radius 3 is 2.59 bits per heavy atom. The first-order valence-corrected chi connectivity index (χ1v) is 6.73. The molecule has 0 aliphatic heterocycles. The zero-order valence-corrected chi connectivity index (χ0v) is 11.8. The Labute approximate surface area is 109 Å². The third kappa shape index (κ3) is 4.10. The number of hydrogen-bond acceptors (Lipinski definition) is 3. The Bertz CT molecular complexity index is 398. The fourth-order valence-corrected chi connectivity index (χ4v) is 2.02. The van der Waals surface area contributed by atoms with Gasteiger partial charge in [-0.2, -0.15) is 0 Å². The van der Waals surface area contributed by atoms with Crippen LogP contribution in [0.2, 0.25) is 5.02 Å². The summed E-state index contributed by atoms with van der Waals surface area (Å²) in [7, 11) is 0. The summed E-state index contributed by atoms with van der Waals surface area (Å²) < 4.78 is 27.4. The molecule has 0 fully saturated rings. The van der Waals surface area contributed by atoms with Gasteiger partial charge in [-0.15, -0.1) is 4.72 Å². The monoisotopic (exact) mass is 278 g/mol. The Balaban J connectivity index is 2.76. The number of nitrogens with one attached hydrogen (secondary N) is 1. The number of halogens is 2. The van der Waals surface area contributed by atoms with Gasteiger partial charge in [0.05, 0.1) is 23.0 Å². The molecule has 1 aromatic heterocycles. The van der Waals surface area contributed by atoms with E-state index in [1.165, 1.54) is 6.07 Å². The largest absolute Gasteiger partial charge is 0.598 e. The van der Waals surface area contributed by atoms with Crippen molar-refractivity contribution in [1.29, 1.82) is 0 Å². The van der Waals surface area contributed by atoms with Crippen LogP contribution in [0.4, 0.5) is 4.39 Å². The van der Waals surface area contributed by atoms with Crippen molar-refractivity contribution in [2.24, 2.45) is 0 Å². The minimum Gasteiger partial charge on any atom is -0.598 e. The summed E-state index contributed by atoms with van der Waals surface area (Å²) in [6.45, 7) is 7.41. The zero-order chi connectivity index (χ0) is 13.2. The summed E-state index contributed by atoms with van der Waals surface area (Å²) in [5.41, 5.74) is 0.564. The fraction of sp³-hybridized carbons (Fsp3) is 0.545. The maximum Gasteiger partial charge on any atom is 0.160 e. The summed E-state index contributed by atoms with van der Waals surface area (Å²) in [6.07, 6.45) is 1.07. The summed E-state index contributed by atoms with van der Waals surface area (Å²) in [4.78, 5) is 3.92. The van der Waals surface area contributed by atoms with Gasteiger partial charge in [-0.05, 0) is 33.8 Å². The molecule has 1 aromatic rings. The van der Waals surface area contributed by atoms with E-state index in [1.54, 1.807) is 6.92 Å². The third-order valence-electron chi connectivity index (χ3n) is 2.11. The molecule has 0 aliphatic rings. The number of nitrogens with zero attached hydrogens (tertiary/aromatic N) is 1. The molecule has 0 aliphatic carbocycles. The van der Waals surface area contributed by atoms with Gasteiger partial charge in [0.2, 0.25) is 0 Å². The number of rotatable bonds is 3. The van der Waals surface area contributed by atoms with Gasteiger partial charge in [-0.1, -0.05) is 11.6 Å². The summed E-state index contributed by atoms with van der Waals surface area (Å²) in [5.74, 6) is -0.556. The molecule has 1 unspecified atom stereocenters. The Morgan fingerprint density at radius 2 is 2.12 bits per heavy atom. The lowest BCUT2D eigenvalue weighted by Gasteiger charge is -2.26. The molecule has 6 heteroatoms. The van der Waals surface area contributed by atoms with E-state index < -0.39 is 17.2 Å². The van der Waals surface area contributed by atoms with Crippen molar-refractivity contribution in [1.82, 2.24) is 9.71 Å². The molecule has 0 radical (unpaired) electrons. The van der Waals surface area contributed by atoms with Gasteiger partial charge in [0.1, 0.15) is 4.75 Å². The first-order chi connectivity index (χ1) is 7.71. The van der Waals surface area contributed by atoms with Crippen LogP contribution >= 0.6 is 11.6 Å². The predicted molar refractivity (Wildman–Crippen MR) is 68.7 cm³/mol. The SMILES string of the molecule is C[C@@H](N[S+]([O-])C(C)(C)C)c1cc(Cl)c(F)cn1. The number of pyridine rings is 1. The van der Waals surface area contributed by atoms with Crippen LogP contribution in [0.3, 0.4) is 0 Å². The van der Waals surface area contributed by atoms with E-state index in [-0.39, 0.29) is 15.8 Å². The molecule has 0 spiro atoms. The van der Waals surface area contributed by atoms with Crippen molar-refractivity contribution in [3.63, 3.8) is 0 Å². The predicted octanol–water partition coefficient (Wildman–Crippen LogP) is 2.99. The summed E-state index contributed by atoms with van der Waals surface area (Å²) in [6, 6.07) is 1.18. The van der Waals surface area contributed by atoms with Gasteiger partial charge in [0.15, 0.2) is 5.82 Å². The van der Waals surface area contributed by atoms with Crippen LogP contribution in [0.15, 0.2) is 12.3 Å². The first kappa shape index (κ1) is 14.7. The standard InChI is InChI=1S/C11H16ClFN2OS/c1-7(15-17(16)11(2,3)4)10-5-8(12)9(13)6-14-10/h5-7,15H,1-4H3/t7-,17?/m1/s1. The van der Waals surface area contributed by atoms with Crippen LogP contribution < -0.4 is 4.72 Å². The Kier molecular flexibility index (Phi) is 4.77. The van der Waals surface area contributed by atoms with E-state index in [1.807, 2.05) is 20.8 Å². The molecule has 3 nitrogen and oxygen atoms in total. The van der Waals surface area contributed by atoms with Crippen LogP contribution in [0.5, 0.6) is 0 Å². The number of aromatic nitrogens is 1. The van der Waals surface area contributed by atoms with Crippen LogP contribution in [-0.2, 0) is 11.4 Å². The van der Waals surface area contributed by atoms with Crippen LogP contribution in [-0.4, -0.2) is 14.3 Å². The molecule has 17 heavy (non-hydrogen) atoms. The molecule has 2 atom stereocenters. The van der Waals surface area contributed by atoms with E-state index in [4.69, 9.17) is 11.6 Å². The second-order valence-electron chi connectivity index (χ2n) is 4.74. The van der Waals surface area contributed by atoms with Gasteiger partial charge < -0.3 is 4.55 Å². The molecular weight excluding hydrogens is 263 g/mol. The van der Waals surface area contributed by atoms with Crippen LogP contribution in [0.1, 0.15) is 39.4 Å². The molecule has 96 valence electrons. The first-order valence-electron chi connectivity index (χ1n) is 5.21. The highest BCUT2D eigenvalue weighted by molar-refractivity contribution is 7.90. The molecule has 0 aromatic carbocycles. The molecular formula is C11H16ClFN2OS. The Hall–Kier alpha value is -0.360. The topological polar surface area (TPSA) is 48.0 Å². The van der Waals surface area contributed by atoms with Crippen molar-refractivity contribution in [3.05, 3.63) is 28.8 Å². The third-order valence-corrected chi connectivity index (χ3v) is 4.08. The van der Waals surface area contributed by atoms with Crippen LogP contribution in [0.25, 0.3) is 0 Å². The van der Waals surface area contributed by atoms with E-state index in [2.05, 4.69) is 9.71 Å². The van der Waals surface area contributed by atoms with Crippen LogP contribution in [0, 0.1) is 5.82 Å². The molecule has 0 saturated carbocycles. The molecule has 0 bridgehead atoms.